The molecule has 0 unspecified atom stereocenters. The second-order valence-corrected chi connectivity index (χ2v) is 9.60. The van der Waals surface area contributed by atoms with Crippen LogP contribution in [0.3, 0.4) is 0 Å². The van der Waals surface area contributed by atoms with E-state index in [1.54, 1.807) is 0 Å². The van der Waals surface area contributed by atoms with Gasteiger partial charge in [-0.1, -0.05) is 44.3 Å². The van der Waals surface area contributed by atoms with Crippen molar-refractivity contribution < 1.29 is 28.6 Å². The van der Waals surface area contributed by atoms with Crippen molar-refractivity contribution in [3.8, 4) is 24.2 Å². The third-order valence-electron chi connectivity index (χ3n) is 6.41. The molecule has 0 fully saturated rings. The van der Waals surface area contributed by atoms with E-state index in [4.69, 9.17) is 20.6 Å². The Morgan fingerprint density at radius 2 is 1.02 bits per heavy atom. The molecule has 0 saturated carbocycles. The van der Waals surface area contributed by atoms with Crippen LogP contribution in [0.5, 0.6) is 0 Å². The van der Waals surface area contributed by atoms with Crippen molar-refractivity contribution in [2.45, 2.75) is 59.0 Å². The molecule has 0 N–H and O–H groups in total. The zero-order chi connectivity index (χ0) is 36.5. The lowest BCUT2D eigenvalue weighted by Gasteiger charge is -2.14. The highest BCUT2D eigenvalue weighted by Gasteiger charge is 2.17. The molecule has 2 aromatic heterocycles. The number of allylic oxidation sites excluding steroid dienone is 1. The predicted molar refractivity (Wildman–Crippen MR) is 172 cm³/mol. The van der Waals surface area contributed by atoms with Crippen molar-refractivity contribution in [3.05, 3.63) is 100 Å². The van der Waals surface area contributed by atoms with E-state index < -0.39 is 98.0 Å². The average molecular weight is 683 g/mol. The molecule has 2 aromatic rings. The van der Waals surface area contributed by atoms with E-state index in [1.807, 2.05) is 6.92 Å². The molecule has 0 aliphatic heterocycles. The minimum Gasteiger partial charge on any atom is -0.461 e. The summed E-state index contributed by atoms with van der Waals surface area (Å²) in [5, 5.41) is 0. The summed E-state index contributed by atoms with van der Waals surface area (Å²) in [6, 6.07) is 0. The first-order valence-corrected chi connectivity index (χ1v) is 14.7. The van der Waals surface area contributed by atoms with Crippen molar-refractivity contribution in [2.75, 3.05) is 19.8 Å². The summed E-state index contributed by atoms with van der Waals surface area (Å²) in [4.78, 5) is 112. The van der Waals surface area contributed by atoms with E-state index in [0.29, 0.717) is 26.5 Å². The monoisotopic (exact) mass is 682 g/mol. The average Bonchev–Trinajstić information content (AvgIpc) is 3.08. The number of carbonyl (C=O) groups is 3. The fourth-order valence-corrected chi connectivity index (χ4v) is 3.98. The molecule has 0 spiro atoms. The lowest BCUT2D eigenvalue weighted by molar-refractivity contribution is -0.138. The molecule has 49 heavy (non-hydrogen) atoms. The van der Waals surface area contributed by atoms with Crippen LogP contribution < -0.4 is 34.1 Å². The molecule has 0 bridgehead atoms. The van der Waals surface area contributed by atoms with Gasteiger partial charge < -0.3 is 14.2 Å². The Bertz CT molecular complexity index is 2020. The zero-order valence-electron chi connectivity index (χ0n) is 26.7. The molecule has 0 amide bonds. The molecular formula is C31H34N6O12. The first kappa shape index (κ1) is 38.8. The molecule has 260 valence electrons. The summed E-state index contributed by atoms with van der Waals surface area (Å²) in [5.74, 6) is 4.62. The fraction of sp³-hybridized carbons (Fsp3) is 0.387. The molecule has 0 radical (unpaired) electrons. The third kappa shape index (κ3) is 10.5. The molecule has 18 heteroatoms. The number of hydrogen-bond acceptors (Lipinski definition) is 12. The normalized spacial score (nSPS) is 10.4. The van der Waals surface area contributed by atoms with Gasteiger partial charge >= 0.3 is 52.0 Å². The van der Waals surface area contributed by atoms with E-state index in [2.05, 4.69) is 30.9 Å². The van der Waals surface area contributed by atoms with E-state index in [-0.39, 0.29) is 13.1 Å². The second-order valence-electron chi connectivity index (χ2n) is 9.60. The first-order valence-electron chi connectivity index (χ1n) is 14.7. The molecule has 18 nitrogen and oxygen atoms in total. The topological polar surface area (TPSA) is 211 Å². The van der Waals surface area contributed by atoms with Gasteiger partial charge in [-0.15, -0.1) is 6.42 Å². The van der Waals surface area contributed by atoms with Crippen LogP contribution in [-0.2, 0) is 67.9 Å². The first-order chi connectivity index (χ1) is 23.4. The van der Waals surface area contributed by atoms with Crippen LogP contribution in [0.1, 0.15) is 19.8 Å². The third-order valence-corrected chi connectivity index (χ3v) is 6.41. The van der Waals surface area contributed by atoms with Gasteiger partial charge in [-0.3, -0.25) is 0 Å². The van der Waals surface area contributed by atoms with Gasteiger partial charge in [-0.05, 0) is 12.5 Å². The van der Waals surface area contributed by atoms with Crippen molar-refractivity contribution in [1.82, 2.24) is 27.4 Å². The molecule has 2 heterocycles. The number of nitrogens with zero attached hydrogens (tertiary/aromatic N) is 6. The summed E-state index contributed by atoms with van der Waals surface area (Å²) in [7, 11) is 0. The van der Waals surface area contributed by atoms with E-state index in [0.717, 1.165) is 38.0 Å². The van der Waals surface area contributed by atoms with Crippen LogP contribution in [0.2, 0.25) is 0 Å². The lowest BCUT2D eigenvalue weighted by atomic mass is 10.3. The number of hydrogen-bond donors (Lipinski definition) is 0. The van der Waals surface area contributed by atoms with Crippen LogP contribution in [0, 0.1) is 24.2 Å². The summed E-state index contributed by atoms with van der Waals surface area (Å²) in [6.07, 6.45) is 10.2. The Morgan fingerprint density at radius 1 is 0.633 bits per heavy atom. The minimum absolute atomic E-state index is 0.0789. The maximum absolute atomic E-state index is 13.0. The number of rotatable bonds is 17. The zero-order valence-corrected chi connectivity index (χ0v) is 26.7. The predicted octanol–water partition coefficient (Wildman–Crippen LogP) is -2.65. The quantitative estimate of drug-likeness (QED) is 0.0725. The van der Waals surface area contributed by atoms with Crippen molar-refractivity contribution in [1.29, 1.82) is 0 Å². The number of unbranched alkanes of at least 4 members (excludes halogenated alkanes) is 1. The molecule has 0 saturated heterocycles. The van der Waals surface area contributed by atoms with Gasteiger partial charge in [-0.25, -0.2) is 70.6 Å². The van der Waals surface area contributed by atoms with Crippen LogP contribution in [0.4, 0.5) is 0 Å². The number of terminal acetylenes is 1. The number of aromatic nitrogens is 6. The number of carbonyl (C=O) groups excluding carboxylic acids is 3. The van der Waals surface area contributed by atoms with Crippen LogP contribution in [0.25, 0.3) is 0 Å². The summed E-state index contributed by atoms with van der Waals surface area (Å²) < 4.78 is 18.9. The van der Waals surface area contributed by atoms with Gasteiger partial charge in [-0.2, -0.15) is 0 Å². The van der Waals surface area contributed by atoms with Gasteiger partial charge in [0.1, 0.15) is 19.8 Å². The Hall–Kier alpha value is -6.43. The molecular weight excluding hydrogens is 648 g/mol. The lowest BCUT2D eigenvalue weighted by Crippen LogP contribution is -2.55. The fourth-order valence-electron chi connectivity index (χ4n) is 3.98. The van der Waals surface area contributed by atoms with E-state index in [9.17, 15) is 43.2 Å². The standard InChI is InChI=1S/C31H34N6O12/c1-5-9-15-33-26(41)32(14-6-2)27(42)34(28(33)43)16-12-10-11-13-25(40)49-22-19-37-30(45)35(17-20-47-23(38)7-3)29(44)36(31(37)46)18-21-48-24(39)8-4/h2,7-8,11,13H,3-5,9,14-22H2,1H3/b13-11+. The summed E-state index contributed by atoms with van der Waals surface area (Å²) in [5.41, 5.74) is -5.85. The van der Waals surface area contributed by atoms with Crippen LogP contribution in [-0.4, -0.2) is 65.1 Å². The van der Waals surface area contributed by atoms with Gasteiger partial charge in [0.15, 0.2) is 0 Å². The largest absolute Gasteiger partial charge is 0.461 e. The SMILES string of the molecule is C#CCn1c(=O)n(CC#C/C=C/C(=O)OCCn2c(=O)n(CCOC(=O)C=C)c(=O)n(CCOC(=O)C=C)c2=O)c(=O)n(CCCC)c1=O. The molecule has 2 rings (SSSR count). The Balaban J connectivity index is 2.20. The minimum atomic E-state index is -1.08. The van der Waals surface area contributed by atoms with Gasteiger partial charge in [0, 0.05) is 24.8 Å². The molecule has 0 aliphatic carbocycles. The molecule has 0 aliphatic rings. The highest BCUT2D eigenvalue weighted by Crippen LogP contribution is 1.89. The van der Waals surface area contributed by atoms with Crippen LogP contribution >= 0.6 is 0 Å². The smallest absolute Gasteiger partial charge is 0.338 e. The second kappa shape index (κ2) is 19.3. The maximum Gasteiger partial charge on any atom is 0.338 e. The summed E-state index contributed by atoms with van der Waals surface area (Å²) in [6.45, 7) is 4.94. The van der Waals surface area contributed by atoms with Gasteiger partial charge in [0.25, 0.3) is 0 Å². The van der Waals surface area contributed by atoms with E-state index >= 15 is 0 Å². The van der Waals surface area contributed by atoms with Gasteiger partial charge in [0.05, 0.1) is 32.7 Å². The Morgan fingerprint density at radius 3 is 1.45 bits per heavy atom. The number of esters is 3. The molecule has 0 atom stereocenters. The Labute approximate surface area is 277 Å². The van der Waals surface area contributed by atoms with Crippen molar-refractivity contribution >= 4 is 17.9 Å². The van der Waals surface area contributed by atoms with Crippen molar-refractivity contribution in [3.63, 3.8) is 0 Å². The number of ether oxygens (including phenoxy) is 3. The van der Waals surface area contributed by atoms with E-state index in [1.165, 1.54) is 0 Å². The Kier molecular flexibility index (Phi) is 15.2. The molecule has 0 aromatic carbocycles. The highest BCUT2D eigenvalue weighted by molar-refractivity contribution is 5.82. The highest BCUT2D eigenvalue weighted by atomic mass is 16.5. The maximum atomic E-state index is 13.0. The van der Waals surface area contributed by atoms with Crippen molar-refractivity contribution in [2.24, 2.45) is 0 Å². The van der Waals surface area contributed by atoms with Crippen LogP contribution in [0.15, 0.2) is 66.2 Å². The van der Waals surface area contributed by atoms with Gasteiger partial charge in [0.2, 0.25) is 0 Å². The summed E-state index contributed by atoms with van der Waals surface area (Å²) >= 11 is 0.